The van der Waals surface area contributed by atoms with Crippen molar-refractivity contribution in [3.8, 4) is 5.75 Å². The van der Waals surface area contributed by atoms with E-state index in [0.29, 0.717) is 48.7 Å². The molecule has 5 rings (SSSR count). The van der Waals surface area contributed by atoms with Crippen LogP contribution in [0.15, 0.2) is 67.0 Å². The van der Waals surface area contributed by atoms with E-state index in [0.717, 1.165) is 16.9 Å². The molecule has 7 nitrogen and oxygen atoms in total. The summed E-state index contributed by atoms with van der Waals surface area (Å²) in [6.07, 6.45) is 3.87. The summed E-state index contributed by atoms with van der Waals surface area (Å²) in [5.74, 6) is -0.218. The highest BCUT2D eigenvalue weighted by molar-refractivity contribution is 5.97. The van der Waals surface area contributed by atoms with Crippen molar-refractivity contribution in [2.75, 3.05) is 31.1 Å². The second-order valence-corrected chi connectivity index (χ2v) is 8.94. The Hall–Kier alpha value is -4.20. The van der Waals surface area contributed by atoms with Gasteiger partial charge in [0.05, 0.1) is 16.9 Å². The van der Waals surface area contributed by atoms with Gasteiger partial charge in [-0.1, -0.05) is 18.2 Å². The lowest BCUT2D eigenvalue weighted by molar-refractivity contribution is 0.0741. The molecule has 1 fully saturated rings. The number of piperazine rings is 1. The van der Waals surface area contributed by atoms with E-state index in [1.165, 1.54) is 13.0 Å². The average Bonchev–Trinajstić information content (AvgIpc) is 3.32. The van der Waals surface area contributed by atoms with E-state index in [1.54, 1.807) is 29.2 Å². The van der Waals surface area contributed by atoms with E-state index >= 15 is 0 Å². The Labute approximate surface area is 208 Å². The minimum Gasteiger partial charge on any atom is -0.486 e. The zero-order chi connectivity index (χ0) is 25.2. The third-order valence-corrected chi connectivity index (χ3v) is 6.48. The smallest absolute Gasteiger partial charge is 0.257 e. The number of anilines is 1. The standard InChI is InChI=1S/C28H27FN4O3/c1-19-6-5-11-33-17-22(30-27(19)33)18-36-26-8-4-3-7-23(26)28(35)32-14-12-31(13-15-32)25-10-9-21(20(2)34)16-24(25)29/h3-11,16-17H,12-15,18H2,1-2H3. The van der Waals surface area contributed by atoms with E-state index in [1.807, 2.05) is 52.9 Å². The quantitative estimate of drug-likeness (QED) is 0.375. The van der Waals surface area contributed by atoms with Gasteiger partial charge in [0.25, 0.3) is 5.91 Å². The van der Waals surface area contributed by atoms with Crippen molar-refractivity contribution in [2.24, 2.45) is 0 Å². The number of carbonyl (C=O) groups excluding carboxylic acids is 2. The summed E-state index contributed by atoms with van der Waals surface area (Å²) >= 11 is 0. The summed E-state index contributed by atoms with van der Waals surface area (Å²) in [7, 11) is 0. The highest BCUT2D eigenvalue weighted by Gasteiger charge is 2.26. The van der Waals surface area contributed by atoms with Crippen molar-refractivity contribution >= 4 is 23.0 Å². The number of carbonyl (C=O) groups is 2. The minimum atomic E-state index is -0.427. The summed E-state index contributed by atoms with van der Waals surface area (Å²) in [6.45, 7) is 5.56. The van der Waals surface area contributed by atoms with E-state index in [9.17, 15) is 14.0 Å². The second kappa shape index (κ2) is 9.81. The van der Waals surface area contributed by atoms with Crippen molar-refractivity contribution in [3.63, 3.8) is 0 Å². The molecule has 8 heteroatoms. The molecular formula is C28H27FN4O3. The number of ketones is 1. The van der Waals surface area contributed by atoms with Crippen LogP contribution in [0.2, 0.25) is 0 Å². The number of imidazole rings is 1. The van der Waals surface area contributed by atoms with Crippen molar-refractivity contribution in [3.05, 3.63) is 95.2 Å². The number of aryl methyl sites for hydroxylation is 1. The SMILES string of the molecule is CC(=O)c1ccc(N2CCN(C(=O)c3ccccc3OCc3cn4cccc(C)c4n3)CC2)c(F)c1. The first-order valence-electron chi connectivity index (χ1n) is 11.9. The molecule has 1 amide bonds. The number of rotatable bonds is 6. The Kier molecular flexibility index (Phi) is 6.41. The van der Waals surface area contributed by atoms with Crippen LogP contribution in [0.3, 0.4) is 0 Å². The molecule has 2 aromatic heterocycles. The summed E-state index contributed by atoms with van der Waals surface area (Å²) in [5.41, 5.74) is 4.01. The van der Waals surface area contributed by atoms with Crippen molar-refractivity contribution in [1.82, 2.24) is 14.3 Å². The number of pyridine rings is 1. The van der Waals surface area contributed by atoms with Gasteiger partial charge in [0, 0.05) is 44.1 Å². The molecular weight excluding hydrogens is 459 g/mol. The summed E-state index contributed by atoms with van der Waals surface area (Å²) < 4.78 is 22.6. The molecule has 4 aromatic rings. The number of halogens is 1. The number of para-hydroxylation sites is 1. The van der Waals surface area contributed by atoms with Crippen LogP contribution in [0.1, 0.15) is 38.9 Å². The van der Waals surface area contributed by atoms with Crippen molar-refractivity contribution in [1.29, 1.82) is 0 Å². The number of amides is 1. The maximum Gasteiger partial charge on any atom is 0.257 e. The van der Waals surface area contributed by atoms with E-state index in [2.05, 4.69) is 4.98 Å². The molecule has 1 saturated heterocycles. The molecule has 0 N–H and O–H groups in total. The van der Waals surface area contributed by atoms with Crippen LogP contribution in [0.5, 0.6) is 5.75 Å². The topological polar surface area (TPSA) is 67.2 Å². The van der Waals surface area contributed by atoms with E-state index in [-0.39, 0.29) is 18.3 Å². The van der Waals surface area contributed by atoms with Gasteiger partial charge in [0.15, 0.2) is 5.78 Å². The van der Waals surface area contributed by atoms with E-state index in [4.69, 9.17) is 4.74 Å². The highest BCUT2D eigenvalue weighted by Crippen LogP contribution is 2.25. The summed E-state index contributed by atoms with van der Waals surface area (Å²) in [6, 6.07) is 15.7. The zero-order valence-electron chi connectivity index (χ0n) is 20.3. The Balaban J connectivity index is 1.25. The third-order valence-electron chi connectivity index (χ3n) is 6.48. The largest absolute Gasteiger partial charge is 0.486 e. The predicted molar refractivity (Wildman–Crippen MR) is 135 cm³/mol. The molecule has 184 valence electrons. The summed E-state index contributed by atoms with van der Waals surface area (Å²) in [4.78, 5) is 33.1. The fourth-order valence-corrected chi connectivity index (χ4v) is 4.50. The first kappa shape index (κ1) is 23.5. The van der Waals surface area contributed by atoms with E-state index < -0.39 is 5.82 Å². The molecule has 0 bridgehead atoms. The van der Waals surface area contributed by atoms with Crippen LogP contribution >= 0.6 is 0 Å². The number of Topliss-reactive ketones (excluding diaryl/α,β-unsaturated/α-hetero) is 1. The minimum absolute atomic E-state index is 0.122. The molecule has 0 unspecified atom stereocenters. The first-order valence-corrected chi connectivity index (χ1v) is 11.9. The third kappa shape index (κ3) is 4.66. The van der Waals surface area contributed by atoms with Gasteiger partial charge < -0.3 is 18.9 Å². The zero-order valence-corrected chi connectivity index (χ0v) is 20.3. The summed E-state index contributed by atoms with van der Waals surface area (Å²) in [5, 5.41) is 0. The Morgan fingerprint density at radius 3 is 2.53 bits per heavy atom. The number of ether oxygens (including phenoxy) is 1. The number of hydrogen-bond donors (Lipinski definition) is 0. The molecule has 0 spiro atoms. The van der Waals surface area contributed by atoms with Crippen LogP contribution in [0.4, 0.5) is 10.1 Å². The molecule has 36 heavy (non-hydrogen) atoms. The molecule has 0 radical (unpaired) electrons. The number of hydrogen-bond acceptors (Lipinski definition) is 5. The fraction of sp³-hybridized carbons (Fsp3) is 0.250. The van der Waals surface area contributed by atoms with Crippen LogP contribution in [-0.4, -0.2) is 52.2 Å². The lowest BCUT2D eigenvalue weighted by atomic mass is 10.1. The predicted octanol–water partition coefficient (Wildman–Crippen LogP) is 4.53. The number of aromatic nitrogens is 2. The molecule has 0 aliphatic carbocycles. The van der Waals surface area contributed by atoms with Gasteiger partial charge in [-0.3, -0.25) is 9.59 Å². The maximum absolute atomic E-state index is 14.6. The lowest BCUT2D eigenvalue weighted by Crippen LogP contribution is -2.49. The molecule has 2 aromatic carbocycles. The number of fused-ring (bicyclic) bond motifs is 1. The molecule has 0 atom stereocenters. The van der Waals surface area contributed by atoms with Gasteiger partial charge in [0.1, 0.15) is 23.8 Å². The van der Waals surface area contributed by atoms with Gasteiger partial charge in [-0.25, -0.2) is 9.37 Å². The number of benzene rings is 2. The molecule has 1 aliphatic heterocycles. The van der Waals surface area contributed by atoms with Crippen LogP contribution < -0.4 is 9.64 Å². The highest BCUT2D eigenvalue weighted by atomic mass is 19.1. The normalized spacial score (nSPS) is 13.8. The average molecular weight is 487 g/mol. The van der Waals surface area contributed by atoms with Gasteiger partial charge >= 0.3 is 0 Å². The Bertz CT molecular complexity index is 1440. The van der Waals surface area contributed by atoms with Gasteiger partial charge in [-0.15, -0.1) is 0 Å². The number of nitrogens with zero attached hydrogens (tertiary/aromatic N) is 4. The van der Waals surface area contributed by atoms with Crippen LogP contribution in [-0.2, 0) is 6.61 Å². The fourth-order valence-electron chi connectivity index (χ4n) is 4.50. The van der Waals surface area contributed by atoms with Crippen LogP contribution in [0, 0.1) is 12.7 Å². The second-order valence-electron chi connectivity index (χ2n) is 8.94. The first-order chi connectivity index (χ1) is 17.4. The van der Waals surface area contributed by atoms with Gasteiger partial charge in [-0.2, -0.15) is 0 Å². The molecule has 1 aliphatic rings. The maximum atomic E-state index is 14.6. The molecule has 0 saturated carbocycles. The van der Waals surface area contributed by atoms with Crippen molar-refractivity contribution in [2.45, 2.75) is 20.5 Å². The lowest BCUT2D eigenvalue weighted by Gasteiger charge is -2.36. The van der Waals surface area contributed by atoms with Crippen molar-refractivity contribution < 1.29 is 18.7 Å². The van der Waals surface area contributed by atoms with Crippen LogP contribution in [0.25, 0.3) is 5.65 Å². The van der Waals surface area contributed by atoms with Gasteiger partial charge in [-0.05, 0) is 55.8 Å². The Morgan fingerprint density at radius 2 is 1.81 bits per heavy atom. The monoisotopic (exact) mass is 486 g/mol. The Morgan fingerprint density at radius 1 is 1.03 bits per heavy atom. The molecule has 3 heterocycles. The van der Waals surface area contributed by atoms with Gasteiger partial charge in [0.2, 0.25) is 0 Å².